The van der Waals surface area contributed by atoms with Gasteiger partial charge in [0.2, 0.25) is 0 Å². The van der Waals surface area contributed by atoms with E-state index in [0.717, 1.165) is 0 Å². The Morgan fingerprint density at radius 2 is 1.12 bits per heavy atom. The fourth-order valence-corrected chi connectivity index (χ4v) is 0. The molecule has 0 heterocycles. The first-order chi connectivity index (χ1) is 2.00. The molecule has 0 amide bonds. The monoisotopic (exact) mass is 214 g/mol. The molecule has 8 heteroatoms. The molecule has 5 N–H and O–H groups in total. The summed E-state index contributed by atoms with van der Waals surface area (Å²) in [6.07, 6.45) is 0. The van der Waals surface area contributed by atoms with E-state index in [0.29, 0.717) is 0 Å². The summed E-state index contributed by atoms with van der Waals surface area (Å²) >= 11 is 0. The van der Waals surface area contributed by atoms with E-state index < -0.39 is 7.82 Å². The molecule has 0 aliphatic carbocycles. The van der Waals surface area contributed by atoms with Gasteiger partial charge in [0, 0.05) is 17.1 Å². The molecule has 0 unspecified atom stereocenters. The summed E-state index contributed by atoms with van der Waals surface area (Å²) in [4.78, 5) is 21.6. The Hall–Kier alpha value is 1.85. The number of rotatable bonds is 0. The van der Waals surface area contributed by atoms with Gasteiger partial charge in [-0.2, -0.15) is 0 Å². The zero-order valence-electron chi connectivity index (χ0n) is 3.05. The third-order valence-electron chi connectivity index (χ3n) is 0. The fraction of sp³-hybridized carbons (Fsp3) is 0. The predicted octanol–water partition coefficient (Wildman–Crippen LogP) is -2.67. The minimum atomic E-state index is -4.64. The van der Waals surface area contributed by atoms with E-state index in [1.807, 2.05) is 0 Å². The molecular weight excluding hydrogens is 207 g/mol. The van der Waals surface area contributed by atoms with E-state index in [2.05, 4.69) is 0 Å². The number of hydrogen-bond acceptors (Lipinski definition) is 1. The fourth-order valence-electron chi connectivity index (χ4n) is 0. The van der Waals surface area contributed by atoms with Gasteiger partial charge in [-0.3, -0.25) is 0 Å². The number of hydrogen-bond donors (Lipinski definition) is 3. The smallest absolute Gasteiger partial charge is 0 e. The van der Waals surface area contributed by atoms with Crippen LogP contribution in [-0.4, -0.2) is 57.9 Å². The standard InChI is InChI=1S/Ca.Fe.H3O4P.H2O.2H/c;;1-5(2,3)4;;;/h;;(H3,1,2,3,4);1H2;;. The predicted molar refractivity (Wildman–Crippen MR) is 26.4 cm³/mol. The summed E-state index contributed by atoms with van der Waals surface area (Å²) in [6, 6.07) is 0. The third kappa shape index (κ3) is 108. The van der Waals surface area contributed by atoms with Crippen LogP contribution >= 0.6 is 7.82 Å². The minimum Gasteiger partial charge on any atom is 0 e. The van der Waals surface area contributed by atoms with Gasteiger partial charge in [-0.25, -0.2) is 4.57 Å². The van der Waals surface area contributed by atoms with Crippen LogP contribution in [0.5, 0.6) is 0 Å². The maximum atomic E-state index is 8.88. The third-order valence-corrected chi connectivity index (χ3v) is 0. The van der Waals surface area contributed by atoms with Crippen LogP contribution in [0.3, 0.4) is 0 Å². The molecule has 0 spiro atoms. The Balaban J connectivity index is -0.0000000267. The molecule has 0 rings (SSSR count). The average molecular weight is 214 g/mol. The zero-order chi connectivity index (χ0) is 4.50. The van der Waals surface area contributed by atoms with Gasteiger partial charge in [-0.15, -0.1) is 0 Å². The molecule has 0 aromatic carbocycles. The van der Waals surface area contributed by atoms with Crippen molar-refractivity contribution in [1.82, 2.24) is 0 Å². The SMILES string of the molecule is O.O=P(O)(O)O.[CaH2].[Fe]. The van der Waals surface area contributed by atoms with Crippen molar-refractivity contribution in [2.24, 2.45) is 0 Å². The van der Waals surface area contributed by atoms with Crippen LogP contribution in [0.4, 0.5) is 0 Å². The van der Waals surface area contributed by atoms with Crippen molar-refractivity contribution in [1.29, 1.82) is 0 Å². The van der Waals surface area contributed by atoms with Gasteiger partial charge < -0.3 is 20.2 Å². The van der Waals surface area contributed by atoms with Crippen molar-refractivity contribution < 1.29 is 41.8 Å². The Bertz CT molecular complexity index is 58.6. The van der Waals surface area contributed by atoms with Gasteiger partial charge in [0.25, 0.3) is 0 Å². The first kappa shape index (κ1) is 22.5. The van der Waals surface area contributed by atoms with Gasteiger partial charge in [0.1, 0.15) is 0 Å². The van der Waals surface area contributed by atoms with Gasteiger partial charge in [0.05, 0.1) is 0 Å². The van der Waals surface area contributed by atoms with E-state index in [-0.39, 0.29) is 60.3 Å². The molecule has 8 heavy (non-hydrogen) atoms. The van der Waals surface area contributed by atoms with Gasteiger partial charge in [-0.05, 0) is 0 Å². The summed E-state index contributed by atoms with van der Waals surface area (Å²) in [7, 11) is -4.64. The molecule has 0 aliphatic rings. The maximum Gasteiger partial charge on any atom is 0 e. The Morgan fingerprint density at radius 3 is 1.12 bits per heavy atom. The maximum absolute atomic E-state index is 8.88. The van der Waals surface area contributed by atoms with Crippen molar-refractivity contribution in [2.75, 3.05) is 0 Å². The van der Waals surface area contributed by atoms with Gasteiger partial charge in [-0.1, -0.05) is 0 Å². The van der Waals surface area contributed by atoms with E-state index in [1.165, 1.54) is 0 Å². The van der Waals surface area contributed by atoms with Crippen LogP contribution in [0.15, 0.2) is 0 Å². The van der Waals surface area contributed by atoms with Crippen LogP contribution < -0.4 is 0 Å². The second-order valence-electron chi connectivity index (χ2n) is 0.513. The molecule has 0 atom stereocenters. The van der Waals surface area contributed by atoms with Crippen molar-refractivity contribution in [3.05, 3.63) is 0 Å². The van der Waals surface area contributed by atoms with E-state index >= 15 is 0 Å². The summed E-state index contributed by atoms with van der Waals surface area (Å²) in [6.45, 7) is 0. The number of phosphoric acid groups is 1. The average Bonchev–Trinajstić information content (AvgIpc) is 0.722. The van der Waals surface area contributed by atoms with Crippen LogP contribution in [0.2, 0.25) is 0 Å². The molecule has 0 fully saturated rings. The Labute approximate surface area is 86.5 Å². The molecule has 0 saturated carbocycles. The zero-order valence-corrected chi connectivity index (χ0v) is 5.05. The summed E-state index contributed by atoms with van der Waals surface area (Å²) in [5.41, 5.74) is 0. The molecule has 0 aliphatic heterocycles. The molecule has 0 aromatic rings. The van der Waals surface area contributed by atoms with E-state index in [1.54, 1.807) is 0 Å². The summed E-state index contributed by atoms with van der Waals surface area (Å²) < 4.78 is 8.88. The van der Waals surface area contributed by atoms with Crippen LogP contribution in [0.25, 0.3) is 0 Å². The molecule has 0 aromatic heterocycles. The van der Waals surface area contributed by atoms with E-state index in [4.69, 9.17) is 19.2 Å². The molecule has 5 nitrogen and oxygen atoms in total. The largest absolute Gasteiger partial charge is 0 e. The summed E-state index contributed by atoms with van der Waals surface area (Å²) in [5, 5.41) is 0. The molecule has 0 radical (unpaired) electrons. The molecular formula is H7CaFeO5P. The van der Waals surface area contributed by atoms with Crippen LogP contribution in [0, 0.1) is 0 Å². The van der Waals surface area contributed by atoms with Gasteiger partial charge in [0.15, 0.2) is 0 Å². The Kier molecular flexibility index (Phi) is 24.9. The quantitative estimate of drug-likeness (QED) is 0.301. The Morgan fingerprint density at radius 1 is 1.12 bits per heavy atom. The van der Waals surface area contributed by atoms with Gasteiger partial charge >= 0.3 is 45.6 Å². The second kappa shape index (κ2) is 8.85. The molecule has 52 valence electrons. The van der Waals surface area contributed by atoms with Crippen LogP contribution in [0.1, 0.15) is 0 Å². The topological polar surface area (TPSA) is 109 Å². The van der Waals surface area contributed by atoms with Crippen LogP contribution in [-0.2, 0) is 21.6 Å². The second-order valence-corrected chi connectivity index (χ2v) is 1.54. The first-order valence-corrected chi connectivity index (χ1v) is 2.35. The van der Waals surface area contributed by atoms with E-state index in [9.17, 15) is 0 Å². The summed E-state index contributed by atoms with van der Waals surface area (Å²) in [5.74, 6) is 0. The first-order valence-electron chi connectivity index (χ1n) is 0.783. The van der Waals surface area contributed by atoms with Crippen molar-refractivity contribution in [3.8, 4) is 0 Å². The van der Waals surface area contributed by atoms with Crippen molar-refractivity contribution >= 4 is 45.6 Å². The molecule has 0 bridgehead atoms. The van der Waals surface area contributed by atoms with Crippen molar-refractivity contribution in [2.45, 2.75) is 0 Å². The normalized spacial score (nSPS) is 7.38. The minimum absolute atomic E-state index is 0. The van der Waals surface area contributed by atoms with Crippen molar-refractivity contribution in [3.63, 3.8) is 0 Å². The molecule has 0 saturated heterocycles.